The maximum Gasteiger partial charge on any atom is 0.220 e. The molecule has 0 aliphatic carbocycles. The monoisotopic (exact) mass is 1710 g/mol. The summed E-state index contributed by atoms with van der Waals surface area (Å²) in [6, 6.07) is -0.0210. The Bertz CT molecular complexity index is 3590. The van der Waals surface area contributed by atoms with Crippen molar-refractivity contribution in [2.45, 2.75) is 519 Å². The lowest BCUT2D eigenvalue weighted by atomic mass is 9.69. The number of rotatable bonds is 16. The second kappa shape index (κ2) is 39.1. The molecule has 121 heavy (non-hydrogen) atoms. The van der Waals surface area contributed by atoms with Gasteiger partial charge in [-0.05, 0) is 256 Å². The van der Waals surface area contributed by atoms with Crippen LogP contribution in [0.1, 0.15) is 436 Å². The number of carbonyl (C=O) groups excluding carboxylic acids is 5. The van der Waals surface area contributed by atoms with E-state index in [-0.39, 0.29) is 113 Å². The largest absolute Gasteiger partial charge is 0.351 e. The van der Waals surface area contributed by atoms with Gasteiger partial charge < -0.3 is 41.8 Å². The molecule has 2 atom stereocenters. The van der Waals surface area contributed by atoms with Gasteiger partial charge in [-0.1, -0.05) is 225 Å². The quantitative estimate of drug-likeness (QED) is 0.0668. The summed E-state index contributed by atoms with van der Waals surface area (Å²) >= 11 is 0. The van der Waals surface area contributed by atoms with Crippen LogP contribution in [0, 0.1) is 49.7 Å². The number of ketones is 4. The van der Waals surface area contributed by atoms with Gasteiger partial charge in [-0.15, -0.1) is 0 Å². The molecule has 7 aliphatic heterocycles. The standard InChI is InChI=1S/C17H31NO2.C17H33NO.C14H28N2O2.C14H27NO2.C13H25NO2.C13H23NO2.C13H25NO/c1-8-16(9-2)12-13(14(19)15(5,6)7)17(10-3,11-4)18(16)20;1-8-16(9-2)13-14(12-15(5,6)7)17(10-3,11-4)18(16)19;1-12(2,3)9-11(17)15-10-8-13(4,5)16(18)14(10,6)7;1-12(2,3)11(16)10-8-13(4,5)15(17)14(6,7)9-10;2*1-11(2,3)10(15)9-8-12(4,5)14(16)13(9,6)7;1-11(2,3)8-10-9-12(4,5)14(15)13(10,6)7/h12,20H,8-11H2,1-7H3;13,19H,8-12H2,1-7H3;10,18H,8-9H2,1-7H3,(H,15,17);10,17H,8-9H2,1-7H3;9,16H,8H2,1-7H3;8,16H,1-7H3;9,15H,8H2,1-7H3. The van der Waals surface area contributed by atoms with Crippen molar-refractivity contribution in [1.82, 2.24) is 40.8 Å². The van der Waals surface area contributed by atoms with Crippen molar-refractivity contribution in [3.05, 3.63) is 46.6 Å². The average Bonchev–Trinajstić information content (AvgIpc) is 1.59. The van der Waals surface area contributed by atoms with Crippen LogP contribution in [-0.4, -0.2) is 185 Å². The van der Waals surface area contributed by atoms with E-state index >= 15 is 0 Å². The van der Waals surface area contributed by atoms with Crippen molar-refractivity contribution in [3.63, 3.8) is 0 Å². The summed E-state index contributed by atoms with van der Waals surface area (Å²) in [5.41, 5.74) is -1.72. The van der Waals surface area contributed by atoms with Gasteiger partial charge >= 0.3 is 0 Å². The van der Waals surface area contributed by atoms with E-state index in [0.29, 0.717) is 24.2 Å². The number of amides is 1. The highest BCUT2D eigenvalue weighted by atomic mass is 16.5. The molecule has 2 unspecified atom stereocenters. The van der Waals surface area contributed by atoms with E-state index in [2.05, 4.69) is 149 Å². The summed E-state index contributed by atoms with van der Waals surface area (Å²) in [6.07, 6.45) is 21.0. The Kier molecular flexibility index (Phi) is 37.3. The second-order valence-corrected chi connectivity index (χ2v) is 50.5. The maximum absolute atomic E-state index is 12.9. The molecule has 0 bridgehead atoms. The number of hydrogen-bond acceptors (Lipinski definition) is 19. The normalized spacial score (nSPS) is 25.1. The summed E-state index contributed by atoms with van der Waals surface area (Å²) in [7, 11) is 0. The van der Waals surface area contributed by atoms with Gasteiger partial charge in [-0.3, -0.25) is 24.0 Å². The summed E-state index contributed by atoms with van der Waals surface area (Å²) in [5, 5.41) is 85.7. The number of hydroxylamine groups is 14. The van der Waals surface area contributed by atoms with Gasteiger partial charge in [0, 0.05) is 73.2 Å². The van der Waals surface area contributed by atoms with Gasteiger partial charge in [-0.2, -0.15) is 35.4 Å². The average molecular weight is 1710 g/mol. The summed E-state index contributed by atoms with van der Waals surface area (Å²) in [4.78, 5) is 62.0. The predicted molar refractivity (Wildman–Crippen MR) is 499 cm³/mol. The highest BCUT2D eigenvalue weighted by Crippen LogP contribution is 2.53. The lowest BCUT2D eigenvalue weighted by Gasteiger charge is -2.51. The van der Waals surface area contributed by atoms with Gasteiger partial charge in [0.15, 0.2) is 11.6 Å². The molecule has 20 nitrogen and oxygen atoms in total. The van der Waals surface area contributed by atoms with E-state index in [1.54, 1.807) is 5.06 Å². The molecule has 8 N–H and O–H groups in total. The van der Waals surface area contributed by atoms with Gasteiger partial charge in [0.1, 0.15) is 11.6 Å². The summed E-state index contributed by atoms with van der Waals surface area (Å²) in [6.45, 7) is 99.5. The van der Waals surface area contributed by atoms with Crippen molar-refractivity contribution in [1.29, 1.82) is 0 Å². The Morgan fingerprint density at radius 3 is 0.959 bits per heavy atom. The van der Waals surface area contributed by atoms with Crippen LogP contribution in [0.4, 0.5) is 0 Å². The van der Waals surface area contributed by atoms with Crippen molar-refractivity contribution in [2.24, 2.45) is 49.7 Å². The minimum Gasteiger partial charge on any atom is -0.351 e. The fraction of sp³-hybridized carbons (Fsp3) is 0.871. The Morgan fingerprint density at radius 2 is 0.669 bits per heavy atom. The van der Waals surface area contributed by atoms with Gasteiger partial charge in [0.25, 0.3) is 0 Å². The summed E-state index contributed by atoms with van der Waals surface area (Å²) in [5.74, 6) is 0.808. The van der Waals surface area contributed by atoms with Crippen molar-refractivity contribution >= 4 is 29.0 Å². The minimum absolute atomic E-state index is 0.0126. The SMILES string of the molecule is CC(C)(C)C(=O)C1=CC(C)(C)N(O)C1(C)C.CC(C)(C)C(=O)C1CC(C)(C)N(O)C(C)(C)C1.CC(C)(C)C(=O)C1CC(C)(C)N(O)C1(C)C.CC(C)(C)CC(=O)NC1CC(C)(C)N(O)C1(C)C.CC(C)(C)CC1=CC(C)(C)N(O)C1(C)C.CCC1(CC)C=C(C(=O)C(C)(C)C)C(CC)(CC)N1O.CCC1(CC)C=C(CC(C)(C)C)C(CC)(CC)N1O. The van der Waals surface area contributed by atoms with Crippen LogP contribution >= 0.6 is 0 Å². The third-order valence-electron chi connectivity index (χ3n) is 27.5. The second-order valence-electron chi connectivity index (χ2n) is 50.5. The van der Waals surface area contributed by atoms with E-state index in [0.717, 1.165) is 89.0 Å². The lowest BCUT2D eigenvalue weighted by molar-refractivity contribution is -0.250. The van der Waals surface area contributed by atoms with Crippen molar-refractivity contribution < 1.29 is 60.4 Å². The van der Waals surface area contributed by atoms with E-state index in [4.69, 9.17) is 0 Å². The van der Waals surface area contributed by atoms with Crippen LogP contribution in [0.5, 0.6) is 0 Å². The van der Waals surface area contributed by atoms with Gasteiger partial charge in [0.2, 0.25) is 5.91 Å². The number of nitrogens with zero attached hydrogens (tertiary/aromatic N) is 7. The summed E-state index contributed by atoms with van der Waals surface area (Å²) < 4.78 is 0. The molecule has 7 rings (SSSR count). The van der Waals surface area contributed by atoms with E-state index in [1.165, 1.54) is 41.5 Å². The lowest BCUT2D eigenvalue weighted by Crippen LogP contribution is -2.60. The molecule has 1 amide bonds. The Morgan fingerprint density at radius 1 is 0.339 bits per heavy atom. The third-order valence-corrected chi connectivity index (χ3v) is 27.5. The van der Waals surface area contributed by atoms with Crippen molar-refractivity contribution in [3.8, 4) is 0 Å². The van der Waals surface area contributed by atoms with Gasteiger partial charge in [-0.25, -0.2) is 0 Å². The number of piperidine rings is 1. The van der Waals surface area contributed by atoms with Crippen LogP contribution in [0.25, 0.3) is 0 Å². The minimum atomic E-state index is -0.617. The molecule has 0 aromatic carbocycles. The van der Waals surface area contributed by atoms with E-state index < -0.39 is 44.1 Å². The van der Waals surface area contributed by atoms with Gasteiger partial charge in [0.05, 0.1) is 61.4 Å². The van der Waals surface area contributed by atoms with Crippen LogP contribution in [0.2, 0.25) is 0 Å². The molecular formula is C101H192N8O12. The number of carbonyl (C=O) groups is 5. The number of nitrogens with one attached hydrogen (secondary N) is 1. The van der Waals surface area contributed by atoms with Crippen LogP contribution < -0.4 is 5.32 Å². The Labute approximate surface area is 741 Å². The van der Waals surface area contributed by atoms with E-state index in [9.17, 15) is 60.4 Å². The first kappa shape index (κ1) is 116. The zero-order valence-electron chi connectivity index (χ0n) is 87.5. The Balaban J connectivity index is 0.000000707. The highest BCUT2D eigenvalue weighted by Gasteiger charge is 2.59. The molecule has 20 heteroatoms. The molecular weight excluding hydrogens is 1520 g/mol. The molecule has 0 radical (unpaired) electrons. The van der Waals surface area contributed by atoms with Crippen LogP contribution in [0.15, 0.2) is 46.6 Å². The Hall–Kier alpha value is -3.45. The van der Waals surface area contributed by atoms with E-state index in [1.807, 2.05) is 220 Å². The molecule has 7 aliphatic rings. The molecule has 3 saturated heterocycles. The number of Topliss-reactive ketones (excluding diaryl/α,β-unsaturated/α-hetero) is 4. The maximum atomic E-state index is 12.9. The van der Waals surface area contributed by atoms with Crippen LogP contribution in [-0.2, 0) is 24.0 Å². The molecule has 0 aromatic rings. The zero-order chi connectivity index (χ0) is 96.6. The fourth-order valence-corrected chi connectivity index (χ4v) is 20.0. The molecule has 0 saturated carbocycles. The fourth-order valence-electron chi connectivity index (χ4n) is 20.0. The first-order chi connectivity index (χ1) is 53.4. The first-order valence-electron chi connectivity index (χ1n) is 46.2. The highest BCUT2D eigenvalue weighted by molar-refractivity contribution is 6.02. The molecule has 708 valence electrons. The molecule has 7 heterocycles. The molecule has 0 spiro atoms. The van der Waals surface area contributed by atoms with Crippen LogP contribution in [0.3, 0.4) is 0 Å². The third kappa shape index (κ3) is 26.7. The smallest absolute Gasteiger partial charge is 0.220 e. The topological polar surface area (TPSA) is 262 Å². The molecule has 3 fully saturated rings. The first-order valence-corrected chi connectivity index (χ1v) is 46.2. The van der Waals surface area contributed by atoms with Crippen molar-refractivity contribution in [2.75, 3.05) is 0 Å². The molecule has 0 aromatic heterocycles. The zero-order valence-corrected chi connectivity index (χ0v) is 87.5. The predicted octanol–water partition coefficient (Wildman–Crippen LogP) is 24.6. The number of hydrogen-bond donors (Lipinski definition) is 8.